The lowest BCUT2D eigenvalue weighted by Crippen LogP contribution is -2.41. The molecule has 2 rings (SSSR count). The van der Waals surface area contributed by atoms with Crippen LogP contribution in [0.15, 0.2) is 29.3 Å². The first-order valence-corrected chi connectivity index (χ1v) is 9.01. The molecule has 6 heteroatoms. The van der Waals surface area contributed by atoms with Gasteiger partial charge >= 0.3 is 0 Å². The van der Waals surface area contributed by atoms with Gasteiger partial charge in [-0.1, -0.05) is 12.1 Å². The van der Waals surface area contributed by atoms with E-state index in [-0.39, 0.29) is 29.4 Å². The molecule has 1 aromatic rings. The minimum Gasteiger partial charge on any atom is -0.494 e. The van der Waals surface area contributed by atoms with Crippen molar-refractivity contribution >= 4 is 29.9 Å². The lowest BCUT2D eigenvalue weighted by atomic mass is 9.74. The third-order valence-electron chi connectivity index (χ3n) is 4.86. The van der Waals surface area contributed by atoms with Crippen LogP contribution in [0.1, 0.15) is 39.2 Å². The van der Waals surface area contributed by atoms with E-state index in [2.05, 4.69) is 30.9 Å². The van der Waals surface area contributed by atoms with Crippen molar-refractivity contribution in [2.45, 2.75) is 39.0 Å². The van der Waals surface area contributed by atoms with Gasteiger partial charge in [0.1, 0.15) is 5.75 Å². The maximum atomic E-state index is 6.18. The molecule has 0 bridgehead atoms. The SMILES string of the molecule is CCOc1ccc(C2(CN=C(N)N(CC)CC)CCOCC2)cc1.I. The first kappa shape index (κ1) is 22.0. The highest BCUT2D eigenvalue weighted by Gasteiger charge is 2.34. The second-order valence-electron chi connectivity index (χ2n) is 6.20. The van der Waals surface area contributed by atoms with E-state index in [0.29, 0.717) is 19.1 Å². The number of aliphatic imine (C=N–C) groups is 1. The van der Waals surface area contributed by atoms with Gasteiger partial charge in [0.05, 0.1) is 13.2 Å². The van der Waals surface area contributed by atoms with E-state index in [1.165, 1.54) is 5.56 Å². The molecule has 1 aliphatic rings. The number of halogens is 1. The Hall–Kier alpha value is -1.02. The Balaban J connectivity index is 0.00000312. The molecule has 1 fully saturated rings. The minimum absolute atomic E-state index is 0. The zero-order chi connectivity index (χ0) is 17.4. The van der Waals surface area contributed by atoms with Gasteiger partial charge in [0.15, 0.2) is 5.96 Å². The van der Waals surface area contributed by atoms with Crippen molar-refractivity contribution in [3.8, 4) is 5.75 Å². The Morgan fingerprint density at radius 3 is 2.28 bits per heavy atom. The summed E-state index contributed by atoms with van der Waals surface area (Å²) in [4.78, 5) is 6.82. The van der Waals surface area contributed by atoms with Gasteiger partial charge in [-0.05, 0) is 51.3 Å². The van der Waals surface area contributed by atoms with Gasteiger partial charge in [-0.2, -0.15) is 0 Å². The van der Waals surface area contributed by atoms with Crippen LogP contribution in [0.25, 0.3) is 0 Å². The molecule has 5 nitrogen and oxygen atoms in total. The quantitative estimate of drug-likeness (QED) is 0.384. The molecular formula is C19H32IN3O2. The van der Waals surface area contributed by atoms with Crippen LogP contribution in [0.5, 0.6) is 5.75 Å². The minimum atomic E-state index is 0. The maximum Gasteiger partial charge on any atom is 0.191 e. The first-order valence-electron chi connectivity index (χ1n) is 9.01. The van der Waals surface area contributed by atoms with Gasteiger partial charge in [0.2, 0.25) is 0 Å². The Labute approximate surface area is 169 Å². The van der Waals surface area contributed by atoms with Gasteiger partial charge in [-0.3, -0.25) is 4.99 Å². The molecule has 0 spiro atoms. The first-order chi connectivity index (χ1) is 11.6. The normalized spacial score (nSPS) is 16.8. The largest absolute Gasteiger partial charge is 0.494 e. The predicted octanol–water partition coefficient (Wildman–Crippen LogP) is 3.41. The van der Waals surface area contributed by atoms with E-state index in [9.17, 15) is 0 Å². The molecular weight excluding hydrogens is 429 g/mol. The average Bonchev–Trinajstić information content (AvgIpc) is 2.63. The molecule has 0 saturated carbocycles. The predicted molar refractivity (Wildman–Crippen MR) is 114 cm³/mol. The Bertz CT molecular complexity index is 524. The summed E-state index contributed by atoms with van der Waals surface area (Å²) in [5.74, 6) is 1.55. The zero-order valence-electron chi connectivity index (χ0n) is 15.7. The van der Waals surface area contributed by atoms with Crippen molar-refractivity contribution in [1.82, 2.24) is 4.90 Å². The van der Waals surface area contributed by atoms with Crippen LogP contribution in [0, 0.1) is 0 Å². The van der Waals surface area contributed by atoms with Gasteiger partial charge in [-0.15, -0.1) is 24.0 Å². The Kier molecular flexibility index (Phi) is 9.56. The van der Waals surface area contributed by atoms with Gasteiger partial charge in [0.25, 0.3) is 0 Å². The highest BCUT2D eigenvalue weighted by atomic mass is 127. The summed E-state index contributed by atoms with van der Waals surface area (Å²) in [7, 11) is 0. The van der Waals surface area contributed by atoms with Crippen molar-refractivity contribution in [2.24, 2.45) is 10.7 Å². The van der Waals surface area contributed by atoms with Gasteiger partial charge < -0.3 is 20.1 Å². The van der Waals surface area contributed by atoms with Crippen molar-refractivity contribution < 1.29 is 9.47 Å². The van der Waals surface area contributed by atoms with Crippen LogP contribution in [0.2, 0.25) is 0 Å². The summed E-state index contributed by atoms with van der Waals surface area (Å²) in [6.45, 7) is 10.9. The monoisotopic (exact) mass is 461 g/mol. The number of guanidine groups is 1. The summed E-state index contributed by atoms with van der Waals surface area (Å²) in [6, 6.07) is 8.43. The fourth-order valence-electron chi connectivity index (χ4n) is 3.25. The maximum absolute atomic E-state index is 6.18. The van der Waals surface area contributed by atoms with Crippen LogP contribution >= 0.6 is 24.0 Å². The molecule has 0 radical (unpaired) electrons. The average molecular weight is 461 g/mol. The summed E-state index contributed by atoms with van der Waals surface area (Å²) in [5.41, 5.74) is 7.48. The number of nitrogens with two attached hydrogens (primary N) is 1. The second kappa shape index (κ2) is 10.9. The second-order valence-corrected chi connectivity index (χ2v) is 6.20. The Morgan fingerprint density at radius 2 is 1.76 bits per heavy atom. The van der Waals surface area contributed by atoms with Crippen LogP contribution in [0.4, 0.5) is 0 Å². The summed E-state index contributed by atoms with van der Waals surface area (Å²) < 4.78 is 11.2. The van der Waals surface area contributed by atoms with Crippen molar-refractivity contribution in [3.63, 3.8) is 0 Å². The molecule has 2 N–H and O–H groups in total. The molecule has 1 saturated heterocycles. The highest BCUT2D eigenvalue weighted by molar-refractivity contribution is 14.0. The molecule has 1 aromatic carbocycles. The lowest BCUT2D eigenvalue weighted by Gasteiger charge is -2.37. The van der Waals surface area contributed by atoms with Crippen LogP contribution in [-0.4, -0.2) is 50.3 Å². The molecule has 0 atom stereocenters. The van der Waals surface area contributed by atoms with E-state index >= 15 is 0 Å². The zero-order valence-corrected chi connectivity index (χ0v) is 18.0. The fourth-order valence-corrected chi connectivity index (χ4v) is 3.25. The molecule has 1 heterocycles. The van der Waals surface area contributed by atoms with Crippen molar-refractivity contribution in [3.05, 3.63) is 29.8 Å². The van der Waals surface area contributed by atoms with Gasteiger partial charge in [-0.25, -0.2) is 0 Å². The highest BCUT2D eigenvalue weighted by Crippen LogP contribution is 2.36. The fraction of sp³-hybridized carbons (Fsp3) is 0.632. The molecule has 1 aliphatic heterocycles. The number of hydrogen-bond acceptors (Lipinski definition) is 3. The number of nitrogens with zero attached hydrogens (tertiary/aromatic N) is 2. The molecule has 142 valence electrons. The van der Waals surface area contributed by atoms with E-state index in [1.807, 2.05) is 19.1 Å². The molecule has 0 aliphatic carbocycles. The third kappa shape index (κ3) is 5.74. The van der Waals surface area contributed by atoms with Gasteiger partial charge in [0, 0.05) is 31.7 Å². The molecule has 0 unspecified atom stereocenters. The Morgan fingerprint density at radius 1 is 1.16 bits per heavy atom. The standard InChI is InChI=1S/C19H31N3O2.HI/c1-4-22(5-2)18(20)21-15-19(11-13-23-14-12-19)16-7-9-17(10-8-16)24-6-3;/h7-10H,4-6,11-15H2,1-3H3,(H2,20,21);1H. The smallest absolute Gasteiger partial charge is 0.191 e. The van der Waals surface area contributed by atoms with Crippen molar-refractivity contribution in [2.75, 3.05) is 39.5 Å². The number of rotatable bonds is 7. The van der Waals surface area contributed by atoms with E-state index in [1.54, 1.807) is 0 Å². The molecule has 25 heavy (non-hydrogen) atoms. The summed E-state index contributed by atoms with van der Waals surface area (Å²) in [5, 5.41) is 0. The van der Waals surface area contributed by atoms with E-state index in [0.717, 1.165) is 44.9 Å². The van der Waals surface area contributed by atoms with Crippen molar-refractivity contribution in [1.29, 1.82) is 0 Å². The lowest BCUT2D eigenvalue weighted by molar-refractivity contribution is 0.0530. The summed E-state index contributed by atoms with van der Waals surface area (Å²) in [6.07, 6.45) is 1.94. The van der Waals surface area contributed by atoms with Crippen LogP contribution in [0.3, 0.4) is 0 Å². The summed E-state index contributed by atoms with van der Waals surface area (Å²) >= 11 is 0. The number of ether oxygens (including phenoxy) is 2. The van der Waals surface area contributed by atoms with E-state index in [4.69, 9.17) is 20.2 Å². The molecule has 0 aromatic heterocycles. The topological polar surface area (TPSA) is 60.1 Å². The number of hydrogen-bond donors (Lipinski definition) is 1. The van der Waals surface area contributed by atoms with Crippen LogP contribution in [-0.2, 0) is 10.2 Å². The number of benzene rings is 1. The van der Waals surface area contributed by atoms with E-state index < -0.39 is 0 Å². The third-order valence-corrected chi connectivity index (χ3v) is 4.86. The molecule has 0 amide bonds. The van der Waals surface area contributed by atoms with Crippen LogP contribution < -0.4 is 10.5 Å².